The van der Waals surface area contributed by atoms with Crippen molar-refractivity contribution in [3.05, 3.63) is 0 Å². The maximum Gasteiger partial charge on any atom is 0.0331 e. The molecule has 1 fully saturated rings. The Morgan fingerprint density at radius 1 is 1.12 bits per heavy atom. The molecule has 1 aliphatic carbocycles. The summed E-state index contributed by atoms with van der Waals surface area (Å²) < 4.78 is 0. The van der Waals surface area contributed by atoms with E-state index in [-0.39, 0.29) is 0 Å². The van der Waals surface area contributed by atoms with Gasteiger partial charge in [-0.1, -0.05) is 33.6 Å². The Labute approximate surface area is 102 Å². The second kappa shape index (κ2) is 6.61. The van der Waals surface area contributed by atoms with Crippen LogP contribution in [0.1, 0.15) is 59.3 Å². The highest BCUT2D eigenvalue weighted by molar-refractivity contribution is 4.93. The maximum atomic E-state index is 6.11. The van der Waals surface area contributed by atoms with Crippen LogP contribution in [-0.2, 0) is 0 Å². The highest BCUT2D eigenvalue weighted by Gasteiger charge is 2.36. The Hall–Kier alpha value is -0.0800. The monoisotopic (exact) mass is 226 g/mol. The van der Waals surface area contributed by atoms with Gasteiger partial charge in [0.05, 0.1) is 0 Å². The third-order valence-electron chi connectivity index (χ3n) is 4.04. The van der Waals surface area contributed by atoms with Crippen LogP contribution < -0.4 is 5.73 Å². The lowest BCUT2D eigenvalue weighted by Crippen LogP contribution is -2.54. The molecule has 0 amide bonds. The zero-order chi connectivity index (χ0) is 12.0. The Kier molecular flexibility index (Phi) is 5.77. The van der Waals surface area contributed by atoms with Gasteiger partial charge in [-0.3, -0.25) is 4.90 Å². The van der Waals surface area contributed by atoms with Gasteiger partial charge in [0.1, 0.15) is 0 Å². The predicted octanol–water partition coefficient (Wildman–Crippen LogP) is 3.02. The van der Waals surface area contributed by atoms with Gasteiger partial charge in [-0.15, -0.1) is 0 Å². The van der Waals surface area contributed by atoms with Crippen LogP contribution in [0.25, 0.3) is 0 Å². The summed E-state index contributed by atoms with van der Waals surface area (Å²) in [6, 6.07) is 0. The van der Waals surface area contributed by atoms with Gasteiger partial charge < -0.3 is 5.73 Å². The summed E-state index contributed by atoms with van der Waals surface area (Å²) in [5.41, 5.74) is 6.40. The molecule has 96 valence electrons. The van der Waals surface area contributed by atoms with E-state index in [9.17, 15) is 0 Å². The van der Waals surface area contributed by atoms with Crippen LogP contribution in [0.2, 0.25) is 0 Å². The molecule has 0 heterocycles. The molecule has 0 aromatic carbocycles. The van der Waals surface area contributed by atoms with Crippen molar-refractivity contribution in [3.8, 4) is 0 Å². The summed E-state index contributed by atoms with van der Waals surface area (Å²) in [4.78, 5) is 2.68. The summed E-state index contributed by atoms with van der Waals surface area (Å²) in [6.07, 6.45) is 7.90. The minimum Gasteiger partial charge on any atom is -0.329 e. The molecule has 2 heteroatoms. The number of nitrogens with zero attached hydrogens (tertiary/aromatic N) is 1. The van der Waals surface area contributed by atoms with Gasteiger partial charge in [0.15, 0.2) is 0 Å². The largest absolute Gasteiger partial charge is 0.329 e. The molecule has 0 bridgehead atoms. The Balaban J connectivity index is 2.66. The van der Waals surface area contributed by atoms with Crippen molar-refractivity contribution in [2.24, 2.45) is 11.7 Å². The van der Waals surface area contributed by atoms with Crippen LogP contribution in [0.4, 0.5) is 0 Å². The highest BCUT2D eigenvalue weighted by atomic mass is 15.2. The second-order valence-electron chi connectivity index (χ2n) is 5.41. The first kappa shape index (κ1) is 14.0. The molecule has 1 saturated carbocycles. The molecule has 1 aliphatic rings. The summed E-state index contributed by atoms with van der Waals surface area (Å²) >= 11 is 0. The van der Waals surface area contributed by atoms with Crippen LogP contribution in [0.15, 0.2) is 0 Å². The highest BCUT2D eigenvalue weighted by Crippen LogP contribution is 2.34. The van der Waals surface area contributed by atoms with Crippen LogP contribution in [0, 0.1) is 5.92 Å². The van der Waals surface area contributed by atoms with E-state index in [1.165, 1.54) is 45.1 Å². The lowest BCUT2D eigenvalue weighted by atomic mass is 9.86. The van der Waals surface area contributed by atoms with Gasteiger partial charge in [0.2, 0.25) is 0 Å². The van der Waals surface area contributed by atoms with Crippen LogP contribution in [0.3, 0.4) is 0 Å². The molecule has 0 aliphatic heterocycles. The second-order valence-corrected chi connectivity index (χ2v) is 5.41. The lowest BCUT2D eigenvalue weighted by molar-refractivity contribution is 0.0748. The predicted molar refractivity (Wildman–Crippen MR) is 71.6 cm³/mol. The standard InChI is InChI=1S/C14H30N2/c1-4-9-14(12-15,10-5-2)16(6-3)11-13-7-8-13/h13H,4-12,15H2,1-3H3. The first-order valence-corrected chi connectivity index (χ1v) is 7.17. The average Bonchev–Trinajstić information content (AvgIpc) is 3.09. The van der Waals surface area contributed by atoms with Crippen molar-refractivity contribution in [2.45, 2.75) is 64.8 Å². The normalized spacial score (nSPS) is 17.1. The van der Waals surface area contributed by atoms with Crippen molar-refractivity contribution in [1.29, 1.82) is 0 Å². The number of nitrogens with two attached hydrogens (primary N) is 1. The van der Waals surface area contributed by atoms with Gasteiger partial charge in [0, 0.05) is 18.6 Å². The molecule has 0 aromatic heterocycles. The molecule has 0 unspecified atom stereocenters. The molecule has 0 aromatic rings. The topological polar surface area (TPSA) is 29.3 Å². The van der Waals surface area contributed by atoms with E-state index in [0.29, 0.717) is 5.54 Å². The first-order chi connectivity index (χ1) is 7.72. The number of likely N-dealkylation sites (N-methyl/N-ethyl adjacent to an activating group) is 1. The minimum atomic E-state index is 0.292. The average molecular weight is 226 g/mol. The van der Waals surface area contributed by atoms with Crippen molar-refractivity contribution < 1.29 is 0 Å². The minimum absolute atomic E-state index is 0.292. The van der Waals surface area contributed by atoms with Gasteiger partial charge in [-0.05, 0) is 38.1 Å². The molecule has 0 radical (unpaired) electrons. The van der Waals surface area contributed by atoms with E-state index in [4.69, 9.17) is 5.73 Å². The van der Waals surface area contributed by atoms with Crippen LogP contribution in [-0.4, -0.2) is 30.1 Å². The van der Waals surface area contributed by atoms with E-state index in [1.807, 2.05) is 0 Å². The molecular formula is C14H30N2. The summed E-state index contributed by atoms with van der Waals surface area (Å²) in [5.74, 6) is 0.972. The third-order valence-corrected chi connectivity index (χ3v) is 4.04. The smallest absolute Gasteiger partial charge is 0.0331 e. The molecule has 0 atom stereocenters. The summed E-state index contributed by atoms with van der Waals surface area (Å²) in [6.45, 7) is 10.1. The fourth-order valence-electron chi connectivity index (χ4n) is 2.98. The molecule has 0 spiro atoms. The number of hydrogen-bond acceptors (Lipinski definition) is 2. The van der Waals surface area contributed by atoms with Crippen LogP contribution >= 0.6 is 0 Å². The molecule has 2 nitrogen and oxygen atoms in total. The molecule has 16 heavy (non-hydrogen) atoms. The number of rotatable bonds is 9. The maximum absolute atomic E-state index is 6.11. The summed E-state index contributed by atoms with van der Waals surface area (Å²) in [5, 5.41) is 0. The van der Waals surface area contributed by atoms with Crippen molar-refractivity contribution in [3.63, 3.8) is 0 Å². The van der Waals surface area contributed by atoms with E-state index >= 15 is 0 Å². The molecule has 2 N–H and O–H groups in total. The van der Waals surface area contributed by atoms with Gasteiger partial charge >= 0.3 is 0 Å². The Morgan fingerprint density at radius 2 is 1.69 bits per heavy atom. The molecular weight excluding hydrogens is 196 g/mol. The fraction of sp³-hybridized carbons (Fsp3) is 1.00. The van der Waals surface area contributed by atoms with Crippen molar-refractivity contribution >= 4 is 0 Å². The van der Waals surface area contributed by atoms with Gasteiger partial charge in [-0.2, -0.15) is 0 Å². The lowest BCUT2D eigenvalue weighted by Gasteiger charge is -2.43. The fourth-order valence-corrected chi connectivity index (χ4v) is 2.98. The van der Waals surface area contributed by atoms with Gasteiger partial charge in [0.25, 0.3) is 0 Å². The van der Waals surface area contributed by atoms with E-state index in [2.05, 4.69) is 25.7 Å². The van der Waals surface area contributed by atoms with E-state index in [1.54, 1.807) is 0 Å². The zero-order valence-electron chi connectivity index (χ0n) is 11.5. The van der Waals surface area contributed by atoms with Gasteiger partial charge in [-0.25, -0.2) is 0 Å². The quantitative estimate of drug-likeness (QED) is 0.655. The van der Waals surface area contributed by atoms with E-state index in [0.717, 1.165) is 19.0 Å². The summed E-state index contributed by atoms with van der Waals surface area (Å²) in [7, 11) is 0. The molecule has 0 saturated heterocycles. The molecule has 1 rings (SSSR count). The zero-order valence-corrected chi connectivity index (χ0v) is 11.5. The van der Waals surface area contributed by atoms with Crippen LogP contribution in [0.5, 0.6) is 0 Å². The van der Waals surface area contributed by atoms with E-state index < -0.39 is 0 Å². The number of hydrogen-bond donors (Lipinski definition) is 1. The Morgan fingerprint density at radius 3 is 2.00 bits per heavy atom. The van der Waals surface area contributed by atoms with Crippen molar-refractivity contribution in [1.82, 2.24) is 4.90 Å². The third kappa shape index (κ3) is 3.46. The van der Waals surface area contributed by atoms with Crippen molar-refractivity contribution in [2.75, 3.05) is 19.6 Å². The first-order valence-electron chi connectivity index (χ1n) is 7.17. The Bertz CT molecular complexity index is 181. The SMILES string of the molecule is CCCC(CN)(CCC)N(CC)CC1CC1.